The van der Waals surface area contributed by atoms with Gasteiger partial charge in [0.2, 0.25) is 0 Å². The second-order valence-electron chi connectivity index (χ2n) is 11.3. The first-order valence-electron chi connectivity index (χ1n) is 13.6. The van der Waals surface area contributed by atoms with Crippen molar-refractivity contribution in [2.24, 2.45) is 4.99 Å². The third-order valence-electron chi connectivity index (χ3n) is 7.36. The maximum atomic E-state index is 12.7. The van der Waals surface area contributed by atoms with Crippen LogP contribution in [-0.2, 0) is 11.2 Å². The van der Waals surface area contributed by atoms with Crippen molar-refractivity contribution >= 4 is 52.0 Å². The average Bonchev–Trinajstić information content (AvgIpc) is 3.27. The van der Waals surface area contributed by atoms with Crippen LogP contribution in [0.4, 0.5) is 21.9 Å². The lowest BCUT2D eigenvalue weighted by molar-refractivity contribution is 0.0263. The number of fused-ring (bicyclic) bond motifs is 2. The van der Waals surface area contributed by atoms with Gasteiger partial charge in [-0.3, -0.25) is 0 Å². The van der Waals surface area contributed by atoms with Gasteiger partial charge in [-0.2, -0.15) is 0 Å². The van der Waals surface area contributed by atoms with Crippen LogP contribution >= 0.6 is 28.9 Å². The molecule has 3 aliphatic rings. The Bertz CT molecular complexity index is 1330. The molecule has 1 unspecified atom stereocenters. The van der Waals surface area contributed by atoms with Crippen molar-refractivity contribution in [3.8, 4) is 0 Å². The van der Waals surface area contributed by atoms with E-state index >= 15 is 0 Å². The van der Waals surface area contributed by atoms with Crippen LogP contribution in [0.3, 0.4) is 0 Å². The standard InChI is InChI=1S/C29H39IN4O2S/c1-6-21-17-23(33-12-9-13-34(15-14-33)28(35)36-29(3,4)5)19-25-27(21)31-26-20(2)16-22(18-24(26)37(25)30)32-10-7-8-11-32/h16-19H,6-15H2,1-5H3. The minimum atomic E-state index is -0.472. The summed E-state index contributed by atoms with van der Waals surface area (Å²) in [5.41, 5.74) is 5.88. The highest BCUT2D eigenvalue weighted by Gasteiger charge is 2.26. The molecule has 200 valence electrons. The Kier molecular flexibility index (Phi) is 7.78. The minimum absolute atomic E-state index is 0.0791. The van der Waals surface area contributed by atoms with Gasteiger partial charge in [0.25, 0.3) is 0 Å². The lowest BCUT2D eigenvalue weighted by Gasteiger charge is -2.28. The van der Waals surface area contributed by atoms with Crippen molar-refractivity contribution in [3.05, 3.63) is 45.3 Å². The smallest absolute Gasteiger partial charge is 0.410 e. The van der Waals surface area contributed by atoms with E-state index in [2.05, 4.69) is 69.1 Å². The Hall–Kier alpha value is -1.81. The molecule has 0 radical (unpaired) electrons. The van der Waals surface area contributed by atoms with Gasteiger partial charge in [-0.15, -0.1) is 0 Å². The number of rotatable bonds is 3. The number of anilines is 2. The predicted molar refractivity (Wildman–Crippen MR) is 163 cm³/mol. The molecule has 6 nitrogen and oxygen atoms in total. The largest absolute Gasteiger partial charge is 0.444 e. The first-order chi connectivity index (χ1) is 17.6. The van der Waals surface area contributed by atoms with Crippen molar-refractivity contribution in [2.45, 2.75) is 70.8 Å². The molecule has 2 fully saturated rings. The molecule has 0 saturated carbocycles. The van der Waals surface area contributed by atoms with Crippen LogP contribution in [0.5, 0.6) is 0 Å². The molecule has 1 amide bonds. The zero-order valence-electron chi connectivity index (χ0n) is 22.8. The number of hydrogen-bond acceptors (Lipinski definition) is 5. The zero-order chi connectivity index (χ0) is 26.3. The third kappa shape index (κ3) is 5.65. The summed E-state index contributed by atoms with van der Waals surface area (Å²) in [6, 6.07) is 9.44. The van der Waals surface area contributed by atoms with Gasteiger partial charge in [-0.25, -0.2) is 9.79 Å². The number of carbonyl (C=O) groups excluding carboxylic acids is 1. The van der Waals surface area contributed by atoms with Crippen LogP contribution in [0.15, 0.2) is 34.2 Å². The van der Waals surface area contributed by atoms with Gasteiger partial charge in [0.15, 0.2) is 0 Å². The highest BCUT2D eigenvalue weighted by atomic mass is 127. The quantitative estimate of drug-likeness (QED) is 0.276. The predicted octanol–water partition coefficient (Wildman–Crippen LogP) is 6.80. The molecular formula is C29H39IN4O2S. The van der Waals surface area contributed by atoms with Crippen LogP contribution in [0.25, 0.3) is 0 Å². The summed E-state index contributed by atoms with van der Waals surface area (Å²) in [5, 5.41) is 1.17. The van der Waals surface area contributed by atoms with Crippen LogP contribution in [0, 0.1) is 11.4 Å². The van der Waals surface area contributed by atoms with Crippen molar-refractivity contribution in [1.82, 2.24) is 4.90 Å². The SMILES string of the molecule is CCc1cc(N2CCCN(C(=O)OC(C)(C)C)CC2)cc2c1N=c1c(C)cc(N3CCCC3)cc1=S2I. The molecule has 0 aromatic heterocycles. The van der Waals surface area contributed by atoms with E-state index in [-0.39, 0.29) is 13.7 Å². The summed E-state index contributed by atoms with van der Waals surface area (Å²) in [6.45, 7) is 15.7. The van der Waals surface area contributed by atoms with Gasteiger partial charge in [-0.05, 0) is 110 Å². The summed E-state index contributed by atoms with van der Waals surface area (Å²) in [5.74, 6) is 0. The number of nitrogens with zero attached hydrogens (tertiary/aromatic N) is 4. The fourth-order valence-electron chi connectivity index (χ4n) is 5.45. The zero-order valence-corrected chi connectivity index (χ0v) is 25.7. The molecule has 2 aromatic carbocycles. The molecule has 0 spiro atoms. The van der Waals surface area contributed by atoms with Gasteiger partial charge in [0, 0.05) is 60.0 Å². The first-order valence-corrected chi connectivity index (χ1v) is 17.3. The lowest BCUT2D eigenvalue weighted by Crippen LogP contribution is -2.39. The molecule has 3 aliphatic heterocycles. The molecule has 3 heterocycles. The van der Waals surface area contributed by atoms with E-state index in [4.69, 9.17) is 9.73 Å². The van der Waals surface area contributed by atoms with Gasteiger partial charge in [-0.1, -0.05) is 14.6 Å². The molecule has 37 heavy (non-hydrogen) atoms. The fraction of sp³-hybridized carbons (Fsp3) is 0.552. The summed E-state index contributed by atoms with van der Waals surface area (Å²) >= 11 is 2.65. The molecule has 8 heteroatoms. The van der Waals surface area contributed by atoms with Crippen molar-refractivity contribution in [3.63, 3.8) is 0 Å². The van der Waals surface area contributed by atoms with Gasteiger partial charge in [0.1, 0.15) is 5.60 Å². The topological polar surface area (TPSA) is 48.4 Å². The number of hydrogen-bond donors (Lipinski definition) is 0. The van der Waals surface area contributed by atoms with E-state index in [1.54, 1.807) is 0 Å². The number of aryl methyl sites for hydroxylation is 2. The van der Waals surface area contributed by atoms with Crippen LogP contribution < -0.4 is 15.2 Å². The Morgan fingerprint density at radius 2 is 1.65 bits per heavy atom. The van der Waals surface area contributed by atoms with E-state index < -0.39 is 5.60 Å². The molecule has 1 atom stereocenters. The number of benzene rings is 2. The molecule has 0 aliphatic carbocycles. The Morgan fingerprint density at radius 1 is 0.973 bits per heavy atom. The summed E-state index contributed by atoms with van der Waals surface area (Å²) < 4.78 is 7.00. The van der Waals surface area contributed by atoms with Crippen molar-refractivity contribution < 1.29 is 9.53 Å². The molecule has 2 aromatic rings. The summed E-state index contributed by atoms with van der Waals surface area (Å²) in [4.78, 5) is 26.1. The summed E-state index contributed by atoms with van der Waals surface area (Å²) in [7, 11) is -0.0791. The van der Waals surface area contributed by atoms with E-state index in [1.165, 1.54) is 55.8 Å². The normalized spacial score (nSPS) is 19.7. The van der Waals surface area contributed by atoms with E-state index in [1.807, 2.05) is 25.7 Å². The Balaban J connectivity index is 1.48. The van der Waals surface area contributed by atoms with E-state index in [0.29, 0.717) is 6.54 Å². The Labute approximate surface area is 235 Å². The number of carbonyl (C=O) groups is 1. The van der Waals surface area contributed by atoms with Gasteiger partial charge >= 0.3 is 6.09 Å². The number of ether oxygens (including phenoxy) is 1. The van der Waals surface area contributed by atoms with Crippen LogP contribution in [0.1, 0.15) is 58.1 Å². The maximum absolute atomic E-state index is 12.7. The lowest BCUT2D eigenvalue weighted by atomic mass is 10.1. The van der Waals surface area contributed by atoms with Crippen LogP contribution in [0.2, 0.25) is 0 Å². The minimum Gasteiger partial charge on any atom is -0.444 e. The molecule has 2 saturated heterocycles. The second kappa shape index (κ2) is 10.8. The maximum Gasteiger partial charge on any atom is 0.410 e. The molecule has 0 N–H and O–H groups in total. The van der Waals surface area contributed by atoms with Gasteiger partial charge < -0.3 is 19.4 Å². The highest BCUT2D eigenvalue weighted by Crippen LogP contribution is 2.48. The van der Waals surface area contributed by atoms with E-state index in [0.717, 1.165) is 45.6 Å². The van der Waals surface area contributed by atoms with Crippen molar-refractivity contribution in [1.29, 1.82) is 0 Å². The van der Waals surface area contributed by atoms with Gasteiger partial charge in [0.05, 0.1) is 11.0 Å². The number of halogens is 1. The first kappa shape index (κ1) is 26.8. The van der Waals surface area contributed by atoms with Crippen LogP contribution in [-0.4, -0.2) is 55.9 Å². The fourth-order valence-corrected chi connectivity index (χ4v) is 8.87. The monoisotopic (exact) mass is 634 g/mol. The highest BCUT2D eigenvalue weighted by molar-refractivity contribution is 14.2. The third-order valence-corrected chi connectivity index (χ3v) is 11.6. The number of amides is 1. The Morgan fingerprint density at radius 3 is 2.35 bits per heavy atom. The molecule has 5 rings (SSSR count). The molecular weight excluding hydrogens is 595 g/mol. The van der Waals surface area contributed by atoms with Crippen molar-refractivity contribution in [2.75, 3.05) is 49.1 Å². The average molecular weight is 635 g/mol. The van der Waals surface area contributed by atoms with E-state index in [9.17, 15) is 4.79 Å². The second-order valence-corrected chi connectivity index (χ2v) is 15.3. The molecule has 0 bridgehead atoms. The summed E-state index contributed by atoms with van der Waals surface area (Å²) in [6.07, 6.45) is 4.24.